The highest BCUT2D eigenvalue weighted by Gasteiger charge is 2.06. The molecule has 0 radical (unpaired) electrons. The lowest BCUT2D eigenvalue weighted by Gasteiger charge is -2.10. The average molecular weight is 223 g/mol. The van der Waals surface area contributed by atoms with Gasteiger partial charge in [0.25, 0.3) is 0 Å². The van der Waals surface area contributed by atoms with Gasteiger partial charge in [0.1, 0.15) is 0 Å². The van der Waals surface area contributed by atoms with Crippen molar-refractivity contribution in [2.75, 3.05) is 6.61 Å². The van der Waals surface area contributed by atoms with Gasteiger partial charge in [0.05, 0.1) is 18.5 Å². The summed E-state index contributed by atoms with van der Waals surface area (Å²) in [6, 6.07) is 0. The van der Waals surface area contributed by atoms with E-state index < -0.39 is 0 Å². The quantitative estimate of drug-likeness (QED) is 0.699. The van der Waals surface area contributed by atoms with Crippen LogP contribution in [0.1, 0.15) is 6.42 Å². The molecule has 0 spiro atoms. The van der Waals surface area contributed by atoms with Crippen molar-refractivity contribution in [2.45, 2.75) is 6.42 Å². The molecule has 1 aliphatic carbocycles. The summed E-state index contributed by atoms with van der Waals surface area (Å²) in [4.78, 5) is 0. The minimum atomic E-state index is 0.443. The fraction of sp³-hybridized carbons (Fsp3) is 0.429. The third-order valence-electron chi connectivity index (χ3n) is 1.42. The predicted octanol–water partition coefficient (Wildman–Crippen LogP) is 3.01. The van der Waals surface area contributed by atoms with E-state index in [0.29, 0.717) is 12.5 Å². The lowest BCUT2D eigenvalue weighted by Crippen LogP contribution is -2.03. The van der Waals surface area contributed by atoms with Crippen LogP contribution < -0.4 is 0 Å². The highest BCUT2D eigenvalue weighted by Crippen LogP contribution is 2.20. The Morgan fingerprint density at radius 3 is 3.10 bits per heavy atom. The van der Waals surface area contributed by atoms with E-state index in [-0.39, 0.29) is 0 Å². The Labute approximate surface area is 74.0 Å². The van der Waals surface area contributed by atoms with Crippen LogP contribution in [0.2, 0.25) is 0 Å². The first-order valence-corrected chi connectivity index (χ1v) is 4.20. The van der Waals surface area contributed by atoms with Gasteiger partial charge in [-0.05, 0) is 6.42 Å². The highest BCUT2D eigenvalue weighted by atomic mass is 79.9. The summed E-state index contributed by atoms with van der Waals surface area (Å²) >= 11 is 8.47. The normalized spacial score (nSPS) is 24.6. The Kier molecular flexibility index (Phi) is 3.46. The molecule has 0 amide bonds. The molecule has 1 aliphatic rings. The molecular formula is C7H8BrClO. The van der Waals surface area contributed by atoms with Gasteiger partial charge in [0, 0.05) is 10.4 Å². The SMILES string of the molecule is ClOC[C@@H]1C=CC(Br)=CC1. The van der Waals surface area contributed by atoms with Crippen LogP contribution in [-0.4, -0.2) is 6.61 Å². The van der Waals surface area contributed by atoms with Crippen molar-refractivity contribution >= 4 is 27.8 Å². The summed E-state index contributed by atoms with van der Waals surface area (Å²) in [5.74, 6) is 0.443. The Hall–Kier alpha value is 0.210. The lowest BCUT2D eigenvalue weighted by atomic mass is 10.0. The molecule has 0 fully saturated rings. The van der Waals surface area contributed by atoms with E-state index in [1.54, 1.807) is 0 Å². The molecule has 0 unspecified atom stereocenters. The molecule has 1 nitrogen and oxygen atoms in total. The number of hydrogen-bond donors (Lipinski definition) is 0. The Bertz CT molecular complexity index is 165. The molecule has 0 saturated heterocycles. The summed E-state index contributed by atoms with van der Waals surface area (Å²) < 4.78 is 5.63. The molecule has 56 valence electrons. The molecule has 1 atom stereocenters. The smallest absolute Gasteiger partial charge is 0.0748 e. The molecule has 0 aromatic rings. The second-order valence-electron chi connectivity index (χ2n) is 2.22. The third-order valence-corrected chi connectivity index (χ3v) is 2.13. The summed E-state index contributed by atoms with van der Waals surface area (Å²) in [5.41, 5.74) is 0. The van der Waals surface area contributed by atoms with Crippen LogP contribution in [-0.2, 0) is 4.29 Å². The molecular weight excluding hydrogens is 215 g/mol. The van der Waals surface area contributed by atoms with E-state index in [1.165, 1.54) is 0 Å². The number of halogens is 2. The van der Waals surface area contributed by atoms with Crippen molar-refractivity contribution in [1.82, 2.24) is 0 Å². The maximum atomic E-state index is 5.10. The van der Waals surface area contributed by atoms with Crippen molar-refractivity contribution in [3.8, 4) is 0 Å². The largest absolute Gasteiger partial charge is 0.279 e. The van der Waals surface area contributed by atoms with Gasteiger partial charge in [0.2, 0.25) is 0 Å². The molecule has 0 aliphatic heterocycles. The van der Waals surface area contributed by atoms with Crippen LogP contribution in [0.3, 0.4) is 0 Å². The molecule has 3 heteroatoms. The second-order valence-corrected chi connectivity index (χ2v) is 3.35. The van der Waals surface area contributed by atoms with Gasteiger partial charge in [-0.3, -0.25) is 4.29 Å². The monoisotopic (exact) mass is 222 g/mol. The standard InChI is InChI=1S/C7H8BrClO/c8-7-3-1-6(2-4-7)5-10-9/h1,3-4,6H,2,5H2/t6-/m1/s1. The first kappa shape index (κ1) is 8.31. The van der Waals surface area contributed by atoms with Gasteiger partial charge in [-0.15, -0.1) is 0 Å². The van der Waals surface area contributed by atoms with E-state index in [2.05, 4.69) is 32.4 Å². The first-order chi connectivity index (χ1) is 4.83. The van der Waals surface area contributed by atoms with Gasteiger partial charge < -0.3 is 0 Å². The summed E-state index contributed by atoms with van der Waals surface area (Å²) in [5, 5.41) is 0. The van der Waals surface area contributed by atoms with Crippen molar-refractivity contribution < 1.29 is 4.29 Å². The van der Waals surface area contributed by atoms with Crippen LogP contribution in [0.25, 0.3) is 0 Å². The zero-order chi connectivity index (χ0) is 7.40. The zero-order valence-electron chi connectivity index (χ0n) is 5.39. The Balaban J connectivity index is 2.37. The second kappa shape index (κ2) is 4.16. The molecule has 10 heavy (non-hydrogen) atoms. The van der Waals surface area contributed by atoms with E-state index >= 15 is 0 Å². The molecule has 0 N–H and O–H groups in total. The number of rotatable bonds is 2. The first-order valence-electron chi connectivity index (χ1n) is 3.10. The molecule has 0 bridgehead atoms. The highest BCUT2D eigenvalue weighted by molar-refractivity contribution is 9.11. The maximum absolute atomic E-state index is 5.10. The minimum absolute atomic E-state index is 0.443. The molecule has 0 aromatic heterocycles. The number of allylic oxidation sites excluding steroid dienone is 3. The zero-order valence-corrected chi connectivity index (χ0v) is 7.73. The average Bonchev–Trinajstić information content (AvgIpc) is 1.95. The van der Waals surface area contributed by atoms with Crippen LogP contribution in [0, 0.1) is 5.92 Å². The van der Waals surface area contributed by atoms with Gasteiger partial charge in [-0.2, -0.15) is 0 Å². The topological polar surface area (TPSA) is 9.23 Å². The van der Waals surface area contributed by atoms with Crippen LogP contribution in [0.15, 0.2) is 22.7 Å². The molecule has 1 rings (SSSR count). The Morgan fingerprint density at radius 2 is 2.60 bits per heavy atom. The van der Waals surface area contributed by atoms with Crippen LogP contribution in [0.4, 0.5) is 0 Å². The van der Waals surface area contributed by atoms with Crippen molar-refractivity contribution in [3.63, 3.8) is 0 Å². The maximum Gasteiger partial charge on any atom is 0.0748 e. The van der Waals surface area contributed by atoms with Gasteiger partial charge in [0.15, 0.2) is 0 Å². The van der Waals surface area contributed by atoms with Crippen molar-refractivity contribution in [1.29, 1.82) is 0 Å². The molecule has 0 saturated carbocycles. The van der Waals surface area contributed by atoms with E-state index in [4.69, 9.17) is 11.9 Å². The molecule has 0 heterocycles. The number of hydrogen-bond acceptors (Lipinski definition) is 1. The predicted molar refractivity (Wildman–Crippen MR) is 46.1 cm³/mol. The Morgan fingerprint density at radius 1 is 1.80 bits per heavy atom. The fourth-order valence-corrected chi connectivity index (χ4v) is 1.34. The summed E-state index contributed by atoms with van der Waals surface area (Å²) in [7, 11) is 0. The third kappa shape index (κ3) is 2.45. The van der Waals surface area contributed by atoms with Crippen LogP contribution in [0.5, 0.6) is 0 Å². The van der Waals surface area contributed by atoms with Crippen LogP contribution >= 0.6 is 27.8 Å². The van der Waals surface area contributed by atoms with E-state index in [1.807, 2.05) is 6.08 Å². The van der Waals surface area contributed by atoms with E-state index in [0.717, 1.165) is 10.9 Å². The van der Waals surface area contributed by atoms with Gasteiger partial charge in [-0.1, -0.05) is 34.2 Å². The van der Waals surface area contributed by atoms with Gasteiger partial charge in [-0.25, -0.2) is 0 Å². The van der Waals surface area contributed by atoms with Crippen molar-refractivity contribution in [2.24, 2.45) is 5.92 Å². The minimum Gasteiger partial charge on any atom is -0.279 e. The summed E-state index contributed by atoms with van der Waals surface area (Å²) in [6.45, 7) is 0.592. The van der Waals surface area contributed by atoms with E-state index in [9.17, 15) is 0 Å². The fourth-order valence-electron chi connectivity index (χ4n) is 0.843. The molecule has 0 aromatic carbocycles. The van der Waals surface area contributed by atoms with Gasteiger partial charge >= 0.3 is 0 Å². The van der Waals surface area contributed by atoms with Crippen molar-refractivity contribution in [3.05, 3.63) is 22.7 Å². The summed E-state index contributed by atoms with van der Waals surface area (Å²) in [6.07, 6.45) is 7.22. The lowest BCUT2D eigenvalue weighted by molar-refractivity contribution is 0.302.